The summed E-state index contributed by atoms with van der Waals surface area (Å²) in [7, 11) is 0. The van der Waals surface area contributed by atoms with Crippen molar-refractivity contribution in [2.24, 2.45) is 5.41 Å². The number of rotatable bonds is 4. The van der Waals surface area contributed by atoms with E-state index in [0.29, 0.717) is 38.9 Å². The van der Waals surface area contributed by atoms with Crippen molar-refractivity contribution in [2.75, 3.05) is 13.2 Å². The first kappa shape index (κ1) is 14.3. The van der Waals surface area contributed by atoms with Gasteiger partial charge in [0, 0.05) is 12.8 Å². The van der Waals surface area contributed by atoms with Crippen molar-refractivity contribution < 1.29 is 23.8 Å². The number of hydrogen-bond donors (Lipinski definition) is 0. The molecule has 5 nitrogen and oxygen atoms in total. The third-order valence-corrected chi connectivity index (χ3v) is 4.22. The maximum Gasteiger partial charge on any atom is 0.312 e. The number of carbonyl (C=O) groups excluding carboxylic acids is 2. The Balaban J connectivity index is 2.12. The summed E-state index contributed by atoms with van der Waals surface area (Å²) in [5, 5.41) is 0. The van der Waals surface area contributed by atoms with Gasteiger partial charge in [0.05, 0.1) is 18.6 Å². The van der Waals surface area contributed by atoms with Gasteiger partial charge in [0.25, 0.3) is 0 Å². The summed E-state index contributed by atoms with van der Waals surface area (Å²) in [6.07, 6.45) is 1.92. The second-order valence-electron chi connectivity index (χ2n) is 6.01. The standard InChI is InChI=1S/C14H22O5/c1-4-13(2,3)12(16)19-14(7-8-17-9-14)10-5-6-11(15)18-10/h10H,4-9H2,1-3H3. The topological polar surface area (TPSA) is 61.8 Å². The van der Waals surface area contributed by atoms with Crippen LogP contribution >= 0.6 is 0 Å². The van der Waals surface area contributed by atoms with Crippen molar-refractivity contribution in [1.82, 2.24) is 0 Å². The zero-order valence-electron chi connectivity index (χ0n) is 11.9. The highest BCUT2D eigenvalue weighted by Crippen LogP contribution is 2.37. The van der Waals surface area contributed by atoms with Crippen molar-refractivity contribution in [2.45, 2.75) is 58.2 Å². The molecule has 2 aliphatic heterocycles. The van der Waals surface area contributed by atoms with Gasteiger partial charge in [0.2, 0.25) is 0 Å². The molecule has 0 aromatic heterocycles. The van der Waals surface area contributed by atoms with Crippen LogP contribution < -0.4 is 0 Å². The first-order chi connectivity index (χ1) is 8.89. The molecule has 108 valence electrons. The maximum atomic E-state index is 12.3. The summed E-state index contributed by atoms with van der Waals surface area (Å²) in [5.74, 6) is -0.467. The third-order valence-electron chi connectivity index (χ3n) is 4.22. The minimum absolute atomic E-state index is 0.220. The van der Waals surface area contributed by atoms with Crippen molar-refractivity contribution >= 4 is 11.9 Å². The predicted octanol–water partition coefficient (Wildman–Crippen LogP) is 1.83. The second kappa shape index (κ2) is 5.12. The summed E-state index contributed by atoms with van der Waals surface area (Å²) in [4.78, 5) is 23.6. The Labute approximate surface area is 113 Å². The fourth-order valence-electron chi connectivity index (χ4n) is 2.33. The molecule has 2 saturated heterocycles. The van der Waals surface area contributed by atoms with E-state index >= 15 is 0 Å². The maximum absolute atomic E-state index is 12.3. The van der Waals surface area contributed by atoms with E-state index in [-0.39, 0.29) is 18.0 Å². The van der Waals surface area contributed by atoms with Crippen LogP contribution in [0.4, 0.5) is 0 Å². The van der Waals surface area contributed by atoms with E-state index in [9.17, 15) is 9.59 Å². The van der Waals surface area contributed by atoms with Crippen LogP contribution in [0.1, 0.15) is 46.5 Å². The number of esters is 2. The quantitative estimate of drug-likeness (QED) is 0.729. The summed E-state index contributed by atoms with van der Waals surface area (Å²) < 4.78 is 16.4. The van der Waals surface area contributed by atoms with E-state index in [1.54, 1.807) is 0 Å². The lowest BCUT2D eigenvalue weighted by Crippen LogP contribution is -2.49. The lowest BCUT2D eigenvalue weighted by atomic mass is 9.88. The highest BCUT2D eigenvalue weighted by Gasteiger charge is 2.51. The Morgan fingerprint density at radius 1 is 1.53 bits per heavy atom. The van der Waals surface area contributed by atoms with Crippen LogP contribution in [0, 0.1) is 5.41 Å². The molecule has 0 aromatic rings. The molecule has 0 aliphatic carbocycles. The van der Waals surface area contributed by atoms with Crippen LogP contribution in [0.2, 0.25) is 0 Å². The van der Waals surface area contributed by atoms with E-state index in [0.717, 1.165) is 0 Å². The van der Waals surface area contributed by atoms with Gasteiger partial charge in [0.15, 0.2) is 5.60 Å². The summed E-state index contributed by atoms with van der Waals surface area (Å²) >= 11 is 0. The first-order valence-electron chi connectivity index (χ1n) is 6.90. The average molecular weight is 270 g/mol. The van der Waals surface area contributed by atoms with E-state index in [1.807, 2.05) is 20.8 Å². The summed E-state index contributed by atoms with van der Waals surface area (Å²) in [6.45, 7) is 6.53. The van der Waals surface area contributed by atoms with Gasteiger partial charge in [-0.1, -0.05) is 6.92 Å². The largest absolute Gasteiger partial charge is 0.458 e. The minimum atomic E-state index is -0.782. The highest BCUT2D eigenvalue weighted by atomic mass is 16.6. The number of carbonyl (C=O) groups is 2. The molecular formula is C14H22O5. The zero-order chi connectivity index (χ0) is 14.1. The molecule has 2 rings (SSSR count). The highest BCUT2D eigenvalue weighted by molar-refractivity contribution is 5.76. The minimum Gasteiger partial charge on any atom is -0.458 e. The molecule has 2 unspecified atom stereocenters. The van der Waals surface area contributed by atoms with Crippen molar-refractivity contribution in [3.05, 3.63) is 0 Å². The van der Waals surface area contributed by atoms with Crippen LogP contribution in [0.3, 0.4) is 0 Å². The van der Waals surface area contributed by atoms with E-state index in [2.05, 4.69) is 0 Å². The lowest BCUT2D eigenvalue weighted by Gasteiger charge is -2.35. The molecule has 2 fully saturated rings. The molecule has 0 N–H and O–H groups in total. The van der Waals surface area contributed by atoms with E-state index in [1.165, 1.54) is 0 Å². The second-order valence-corrected chi connectivity index (χ2v) is 6.01. The molecule has 0 bridgehead atoms. The molecule has 2 aliphatic rings. The first-order valence-corrected chi connectivity index (χ1v) is 6.90. The Kier molecular flexibility index (Phi) is 3.85. The normalized spacial score (nSPS) is 31.3. The van der Waals surface area contributed by atoms with Gasteiger partial charge < -0.3 is 14.2 Å². The van der Waals surface area contributed by atoms with Crippen LogP contribution in [-0.2, 0) is 23.8 Å². The fourth-order valence-corrected chi connectivity index (χ4v) is 2.33. The van der Waals surface area contributed by atoms with E-state index < -0.39 is 11.0 Å². The van der Waals surface area contributed by atoms with Crippen molar-refractivity contribution in [3.8, 4) is 0 Å². The number of ether oxygens (including phenoxy) is 3. The average Bonchev–Trinajstić information content (AvgIpc) is 2.99. The molecule has 0 aromatic carbocycles. The van der Waals surface area contributed by atoms with Gasteiger partial charge >= 0.3 is 11.9 Å². The molecule has 0 spiro atoms. The van der Waals surface area contributed by atoms with Gasteiger partial charge in [-0.15, -0.1) is 0 Å². The van der Waals surface area contributed by atoms with Gasteiger partial charge in [-0.3, -0.25) is 9.59 Å². The monoisotopic (exact) mass is 270 g/mol. The Hall–Kier alpha value is -1.10. The predicted molar refractivity (Wildman–Crippen MR) is 67.4 cm³/mol. The van der Waals surface area contributed by atoms with Crippen molar-refractivity contribution in [3.63, 3.8) is 0 Å². The molecule has 2 atom stereocenters. The van der Waals surface area contributed by atoms with Crippen LogP contribution in [0.25, 0.3) is 0 Å². The Bertz CT molecular complexity index is 368. The number of hydrogen-bond acceptors (Lipinski definition) is 5. The van der Waals surface area contributed by atoms with Gasteiger partial charge in [0.1, 0.15) is 6.10 Å². The molecule has 0 saturated carbocycles. The molecule has 0 amide bonds. The smallest absolute Gasteiger partial charge is 0.312 e. The lowest BCUT2D eigenvalue weighted by molar-refractivity contribution is -0.188. The van der Waals surface area contributed by atoms with Crippen LogP contribution in [0.5, 0.6) is 0 Å². The molecule has 0 radical (unpaired) electrons. The number of cyclic esters (lactones) is 1. The Morgan fingerprint density at radius 3 is 2.74 bits per heavy atom. The van der Waals surface area contributed by atoms with Crippen LogP contribution in [-0.4, -0.2) is 36.9 Å². The zero-order valence-corrected chi connectivity index (χ0v) is 11.9. The van der Waals surface area contributed by atoms with E-state index in [4.69, 9.17) is 14.2 Å². The SMILES string of the molecule is CCC(C)(C)C(=O)OC1(C2CCC(=O)O2)CCOC1. The van der Waals surface area contributed by atoms with Gasteiger partial charge in [-0.2, -0.15) is 0 Å². The van der Waals surface area contributed by atoms with Gasteiger partial charge in [-0.25, -0.2) is 0 Å². The third kappa shape index (κ3) is 2.76. The molecule has 5 heteroatoms. The fraction of sp³-hybridized carbons (Fsp3) is 0.857. The molecule has 2 heterocycles. The summed E-state index contributed by atoms with van der Waals surface area (Å²) in [5.41, 5.74) is -1.31. The Morgan fingerprint density at radius 2 is 2.26 bits per heavy atom. The van der Waals surface area contributed by atoms with Crippen LogP contribution in [0.15, 0.2) is 0 Å². The molecular weight excluding hydrogens is 248 g/mol. The van der Waals surface area contributed by atoms with Crippen molar-refractivity contribution in [1.29, 1.82) is 0 Å². The van der Waals surface area contributed by atoms with Gasteiger partial charge in [-0.05, 0) is 26.7 Å². The summed E-state index contributed by atoms with van der Waals surface area (Å²) in [6, 6.07) is 0. The molecule has 19 heavy (non-hydrogen) atoms.